The Hall–Kier alpha value is -0.860. The number of carbonyl (C=O) groups is 2. The zero-order chi connectivity index (χ0) is 12.7. The third-order valence-electron chi connectivity index (χ3n) is 1.05. The van der Waals surface area contributed by atoms with Gasteiger partial charge in [-0.15, -0.1) is 0 Å². The molecule has 0 bridgehead atoms. The second-order valence-corrected chi connectivity index (χ2v) is 3.19. The fraction of sp³-hybridized carbons (Fsp3) is 0.833. The van der Waals surface area contributed by atoms with Crippen molar-refractivity contribution in [1.29, 1.82) is 0 Å². The van der Waals surface area contributed by atoms with Crippen LogP contribution in [0.1, 0.15) is 60.8 Å². The van der Waals surface area contributed by atoms with Crippen molar-refractivity contribution in [3.8, 4) is 0 Å². The van der Waals surface area contributed by atoms with Crippen molar-refractivity contribution >= 4 is 11.8 Å². The van der Waals surface area contributed by atoms with Crippen LogP contribution in [-0.4, -0.2) is 18.4 Å². The molecule has 0 aromatic rings. The van der Waals surface area contributed by atoms with Crippen molar-refractivity contribution in [2.45, 2.75) is 60.8 Å². The van der Waals surface area contributed by atoms with Gasteiger partial charge < -0.3 is 9.53 Å². The van der Waals surface area contributed by atoms with Gasteiger partial charge in [0.15, 0.2) is 0 Å². The number of hydrogen-bond acceptors (Lipinski definition) is 3. The SMILES string of the molecule is CC(C)=O.CCCCC.CCOC(C)=O. The number of carbonyl (C=O) groups excluding carboxylic acids is 2. The van der Waals surface area contributed by atoms with Gasteiger partial charge in [-0.25, -0.2) is 0 Å². The summed E-state index contributed by atoms with van der Waals surface area (Å²) in [5, 5.41) is 0. The van der Waals surface area contributed by atoms with Crippen LogP contribution in [0.4, 0.5) is 0 Å². The molecule has 0 aliphatic rings. The molecule has 0 amide bonds. The highest BCUT2D eigenvalue weighted by molar-refractivity contribution is 5.72. The van der Waals surface area contributed by atoms with Crippen LogP contribution < -0.4 is 0 Å². The minimum absolute atomic E-state index is 0.167. The van der Waals surface area contributed by atoms with Crippen molar-refractivity contribution in [2.75, 3.05) is 6.61 Å². The minimum atomic E-state index is -0.211. The van der Waals surface area contributed by atoms with Crippen LogP contribution in [-0.2, 0) is 14.3 Å². The summed E-state index contributed by atoms with van der Waals surface area (Å²) >= 11 is 0. The van der Waals surface area contributed by atoms with Gasteiger partial charge in [0.05, 0.1) is 6.61 Å². The molecule has 0 spiro atoms. The highest BCUT2D eigenvalue weighted by Gasteiger charge is 1.81. The fourth-order valence-corrected chi connectivity index (χ4v) is 0.557. The first-order valence-corrected chi connectivity index (χ1v) is 5.52. The monoisotopic (exact) mass is 218 g/mol. The van der Waals surface area contributed by atoms with Crippen LogP contribution in [0.25, 0.3) is 0 Å². The number of ether oxygens (including phenoxy) is 1. The van der Waals surface area contributed by atoms with E-state index in [-0.39, 0.29) is 11.8 Å². The summed E-state index contributed by atoms with van der Waals surface area (Å²) in [6, 6.07) is 0. The Morgan fingerprint density at radius 1 is 0.933 bits per heavy atom. The molecule has 0 heterocycles. The van der Waals surface area contributed by atoms with Gasteiger partial charge in [-0.2, -0.15) is 0 Å². The predicted molar refractivity (Wildman–Crippen MR) is 63.9 cm³/mol. The van der Waals surface area contributed by atoms with Gasteiger partial charge in [-0.3, -0.25) is 4.79 Å². The smallest absolute Gasteiger partial charge is 0.302 e. The average Bonchev–Trinajstić information content (AvgIpc) is 2.05. The Kier molecular flexibility index (Phi) is 24.7. The standard InChI is InChI=1S/C5H12.C4H8O2.C3H6O/c1-3-5-4-2;1-3-6-4(2)5;1-3(2)4/h3-5H2,1-2H3;3H2,1-2H3;1-2H3. The van der Waals surface area contributed by atoms with E-state index in [1.54, 1.807) is 6.92 Å². The topological polar surface area (TPSA) is 43.4 Å². The molecule has 0 atom stereocenters. The highest BCUT2D eigenvalue weighted by atomic mass is 16.5. The van der Waals surface area contributed by atoms with E-state index in [4.69, 9.17) is 0 Å². The Morgan fingerprint density at radius 3 is 1.27 bits per heavy atom. The van der Waals surface area contributed by atoms with E-state index < -0.39 is 0 Å². The van der Waals surface area contributed by atoms with Gasteiger partial charge in [0.25, 0.3) is 0 Å². The number of esters is 1. The summed E-state index contributed by atoms with van der Waals surface area (Å²) in [7, 11) is 0. The molecule has 0 aromatic carbocycles. The number of hydrogen-bond donors (Lipinski definition) is 0. The zero-order valence-electron chi connectivity index (χ0n) is 11.1. The lowest BCUT2D eigenvalue weighted by Gasteiger charge is -1.89. The van der Waals surface area contributed by atoms with E-state index >= 15 is 0 Å². The summed E-state index contributed by atoms with van der Waals surface area (Å²) in [6.45, 7) is 11.1. The maximum atomic E-state index is 9.82. The maximum Gasteiger partial charge on any atom is 0.302 e. The van der Waals surface area contributed by atoms with Gasteiger partial charge in [0.1, 0.15) is 5.78 Å². The number of unbranched alkanes of at least 4 members (excludes halogenated alkanes) is 2. The van der Waals surface area contributed by atoms with Crippen molar-refractivity contribution in [2.24, 2.45) is 0 Å². The van der Waals surface area contributed by atoms with Crippen LogP contribution >= 0.6 is 0 Å². The summed E-state index contributed by atoms with van der Waals surface area (Å²) in [5.41, 5.74) is 0. The fourth-order valence-electron chi connectivity index (χ4n) is 0.557. The van der Waals surface area contributed by atoms with Crippen molar-refractivity contribution in [3.63, 3.8) is 0 Å². The van der Waals surface area contributed by atoms with Gasteiger partial charge in [0.2, 0.25) is 0 Å². The second-order valence-electron chi connectivity index (χ2n) is 3.19. The van der Waals surface area contributed by atoms with Crippen LogP contribution in [0.15, 0.2) is 0 Å². The lowest BCUT2D eigenvalue weighted by Crippen LogP contribution is -1.95. The van der Waals surface area contributed by atoms with Crippen LogP contribution in [0.2, 0.25) is 0 Å². The van der Waals surface area contributed by atoms with E-state index in [2.05, 4.69) is 18.6 Å². The van der Waals surface area contributed by atoms with Crippen LogP contribution in [0.5, 0.6) is 0 Å². The minimum Gasteiger partial charge on any atom is -0.466 e. The number of Topliss-reactive ketones (excluding diaryl/α,β-unsaturated/α-hetero) is 1. The highest BCUT2D eigenvalue weighted by Crippen LogP contribution is 1.88. The molecule has 3 nitrogen and oxygen atoms in total. The summed E-state index contributed by atoms with van der Waals surface area (Å²) in [4.78, 5) is 19.3. The molecule has 0 rings (SSSR count). The molecule has 92 valence electrons. The maximum absolute atomic E-state index is 9.82. The first-order chi connectivity index (χ1) is 6.92. The molecular formula is C12H26O3. The lowest BCUT2D eigenvalue weighted by molar-refractivity contribution is -0.140. The lowest BCUT2D eigenvalue weighted by atomic mass is 10.3. The first-order valence-electron chi connectivity index (χ1n) is 5.52. The molecule has 0 aromatic heterocycles. The molecule has 0 saturated carbocycles. The third kappa shape index (κ3) is 95.1. The molecule has 0 radical (unpaired) electrons. The number of ketones is 1. The van der Waals surface area contributed by atoms with E-state index in [0.717, 1.165) is 0 Å². The van der Waals surface area contributed by atoms with E-state index in [1.807, 2.05) is 0 Å². The van der Waals surface area contributed by atoms with Crippen LogP contribution in [0, 0.1) is 0 Å². The molecule has 0 N–H and O–H groups in total. The zero-order valence-corrected chi connectivity index (χ0v) is 11.1. The molecule has 0 aliphatic heterocycles. The van der Waals surface area contributed by atoms with Crippen LogP contribution in [0.3, 0.4) is 0 Å². The Labute approximate surface area is 94.2 Å². The van der Waals surface area contributed by atoms with E-state index in [1.165, 1.54) is 40.0 Å². The normalized spacial score (nSPS) is 7.60. The molecule has 0 aliphatic carbocycles. The number of rotatable bonds is 3. The quantitative estimate of drug-likeness (QED) is 0.682. The van der Waals surface area contributed by atoms with Crippen molar-refractivity contribution in [3.05, 3.63) is 0 Å². The van der Waals surface area contributed by atoms with Gasteiger partial charge in [-0.05, 0) is 20.8 Å². The molecule has 15 heavy (non-hydrogen) atoms. The molecular weight excluding hydrogens is 192 g/mol. The summed E-state index contributed by atoms with van der Waals surface area (Å²) in [6.07, 6.45) is 4.08. The Bertz CT molecular complexity index is 136. The summed E-state index contributed by atoms with van der Waals surface area (Å²) < 4.78 is 4.40. The molecule has 0 fully saturated rings. The molecule has 3 heteroatoms. The second kappa shape index (κ2) is 18.8. The van der Waals surface area contributed by atoms with Gasteiger partial charge in [-0.1, -0.05) is 33.1 Å². The Balaban J connectivity index is -0.000000147. The largest absolute Gasteiger partial charge is 0.466 e. The van der Waals surface area contributed by atoms with Crippen molar-refractivity contribution < 1.29 is 14.3 Å². The first kappa shape index (κ1) is 19.7. The van der Waals surface area contributed by atoms with Gasteiger partial charge >= 0.3 is 5.97 Å². The van der Waals surface area contributed by atoms with E-state index in [0.29, 0.717) is 6.61 Å². The Morgan fingerprint density at radius 2 is 1.27 bits per heavy atom. The van der Waals surface area contributed by atoms with Gasteiger partial charge in [0, 0.05) is 6.92 Å². The van der Waals surface area contributed by atoms with Crippen molar-refractivity contribution in [1.82, 2.24) is 0 Å². The average molecular weight is 218 g/mol. The van der Waals surface area contributed by atoms with E-state index in [9.17, 15) is 9.59 Å². The molecule has 0 saturated heterocycles. The third-order valence-corrected chi connectivity index (χ3v) is 1.05. The predicted octanol–water partition coefficient (Wildman–Crippen LogP) is 3.36. The summed E-state index contributed by atoms with van der Waals surface area (Å²) in [5.74, 6) is -0.0440. The molecule has 0 unspecified atom stereocenters.